The lowest BCUT2D eigenvalue weighted by atomic mass is 9.77. The summed E-state index contributed by atoms with van der Waals surface area (Å²) in [5, 5.41) is 0. The highest BCUT2D eigenvalue weighted by molar-refractivity contribution is 5.52. The van der Waals surface area contributed by atoms with E-state index < -0.39 is 0 Å². The van der Waals surface area contributed by atoms with E-state index in [0.717, 1.165) is 12.1 Å². The van der Waals surface area contributed by atoms with Crippen molar-refractivity contribution in [1.82, 2.24) is 0 Å². The largest absolute Gasteiger partial charge is 0.398 e. The Morgan fingerprint density at radius 2 is 1.76 bits per heavy atom. The predicted molar refractivity (Wildman–Crippen MR) is 93.3 cm³/mol. The maximum atomic E-state index is 6.23. The van der Waals surface area contributed by atoms with E-state index in [4.69, 9.17) is 5.73 Å². The van der Waals surface area contributed by atoms with Crippen LogP contribution in [0.1, 0.15) is 59.4 Å². The average Bonchev–Trinajstić information content (AvgIpc) is 2.46. The van der Waals surface area contributed by atoms with Crippen molar-refractivity contribution < 1.29 is 0 Å². The summed E-state index contributed by atoms with van der Waals surface area (Å²) in [5.41, 5.74) is 11.6. The highest BCUT2D eigenvalue weighted by Gasteiger charge is 2.30. The lowest BCUT2D eigenvalue weighted by Gasteiger charge is -2.28. The molecule has 0 bridgehead atoms. The number of anilines is 1. The summed E-state index contributed by atoms with van der Waals surface area (Å²) in [7, 11) is 0. The minimum Gasteiger partial charge on any atom is -0.398 e. The topological polar surface area (TPSA) is 26.0 Å². The predicted octanol–water partition coefficient (Wildman–Crippen LogP) is 5.70. The highest BCUT2D eigenvalue weighted by Crippen LogP contribution is 2.45. The molecular weight excluding hydrogens is 254 g/mol. The molecule has 0 radical (unpaired) electrons. The van der Waals surface area contributed by atoms with Crippen molar-refractivity contribution in [3.8, 4) is 0 Å². The molecule has 0 fully saturated rings. The van der Waals surface area contributed by atoms with E-state index in [2.05, 4.69) is 65.8 Å². The van der Waals surface area contributed by atoms with Crippen molar-refractivity contribution in [3.63, 3.8) is 0 Å². The van der Waals surface area contributed by atoms with Gasteiger partial charge in [0.15, 0.2) is 0 Å². The fourth-order valence-corrected chi connectivity index (χ4v) is 3.17. The molecule has 0 saturated heterocycles. The summed E-state index contributed by atoms with van der Waals surface area (Å²) in [6.45, 7) is 13.8. The van der Waals surface area contributed by atoms with E-state index in [1.807, 2.05) is 12.1 Å². The van der Waals surface area contributed by atoms with Crippen LogP contribution < -0.4 is 5.73 Å². The zero-order valence-corrected chi connectivity index (χ0v) is 14.3. The number of hydrogen-bond donors (Lipinski definition) is 1. The molecule has 1 aromatic rings. The minimum atomic E-state index is 0.170. The molecule has 0 heterocycles. The van der Waals surface area contributed by atoms with Gasteiger partial charge in [0.1, 0.15) is 0 Å². The van der Waals surface area contributed by atoms with Crippen molar-refractivity contribution >= 4 is 5.69 Å². The molecule has 2 rings (SSSR count). The number of allylic oxidation sites excluding steroid dienone is 4. The summed E-state index contributed by atoms with van der Waals surface area (Å²) in [5.74, 6) is 0.400. The molecule has 21 heavy (non-hydrogen) atoms. The van der Waals surface area contributed by atoms with E-state index in [9.17, 15) is 0 Å². The van der Waals surface area contributed by atoms with Gasteiger partial charge in [-0.15, -0.1) is 0 Å². The molecule has 1 aliphatic carbocycles. The fourth-order valence-electron chi connectivity index (χ4n) is 3.17. The molecule has 0 aliphatic heterocycles. The molecule has 1 aromatic carbocycles. The van der Waals surface area contributed by atoms with Gasteiger partial charge in [-0.1, -0.05) is 70.5 Å². The van der Waals surface area contributed by atoms with Crippen LogP contribution in [-0.4, -0.2) is 0 Å². The van der Waals surface area contributed by atoms with Crippen molar-refractivity contribution in [1.29, 1.82) is 0 Å². The maximum Gasteiger partial charge on any atom is 0.0352 e. The van der Waals surface area contributed by atoms with Crippen molar-refractivity contribution in [2.24, 2.45) is 10.8 Å². The van der Waals surface area contributed by atoms with Crippen LogP contribution in [0.15, 0.2) is 47.6 Å². The summed E-state index contributed by atoms with van der Waals surface area (Å²) in [4.78, 5) is 0. The zero-order valence-electron chi connectivity index (χ0n) is 14.3. The molecule has 114 valence electrons. The first kappa shape index (κ1) is 15.9. The van der Waals surface area contributed by atoms with Crippen LogP contribution in [0.5, 0.6) is 0 Å². The Balaban J connectivity index is 2.51. The lowest BCUT2D eigenvalue weighted by molar-refractivity contribution is 0.404. The molecular formula is C20H29N. The SMILES string of the molecule is CC1=CC(C(C)(C)C)=CC(C)(C)CC1c1ccccc1N. The third-order valence-electron chi connectivity index (χ3n) is 4.45. The number of benzene rings is 1. The number of nitrogen functional groups attached to an aromatic ring is 1. The number of para-hydroxylation sites is 1. The minimum absolute atomic E-state index is 0.170. The molecule has 0 spiro atoms. The molecule has 0 amide bonds. The molecule has 1 atom stereocenters. The lowest BCUT2D eigenvalue weighted by Crippen LogP contribution is -2.15. The molecule has 0 saturated carbocycles. The third-order valence-corrected chi connectivity index (χ3v) is 4.45. The Kier molecular flexibility index (Phi) is 4.06. The average molecular weight is 283 g/mol. The standard InChI is InChI=1S/C20H29N/c1-14-11-15(19(2,3)4)12-20(5,6)13-17(14)16-9-7-8-10-18(16)21/h7-12,17H,13,21H2,1-6H3. The summed E-state index contributed by atoms with van der Waals surface area (Å²) < 4.78 is 0. The second-order valence-corrected chi connectivity index (χ2v) is 8.11. The van der Waals surface area contributed by atoms with E-state index in [1.54, 1.807) is 0 Å². The Morgan fingerprint density at radius 3 is 2.33 bits per heavy atom. The van der Waals surface area contributed by atoms with Gasteiger partial charge in [0.05, 0.1) is 0 Å². The van der Waals surface area contributed by atoms with E-state index in [0.29, 0.717) is 5.92 Å². The van der Waals surface area contributed by atoms with Gasteiger partial charge >= 0.3 is 0 Å². The summed E-state index contributed by atoms with van der Waals surface area (Å²) in [6.07, 6.45) is 5.94. The van der Waals surface area contributed by atoms with Gasteiger partial charge in [-0.25, -0.2) is 0 Å². The monoisotopic (exact) mass is 283 g/mol. The highest BCUT2D eigenvalue weighted by atomic mass is 14.6. The van der Waals surface area contributed by atoms with Gasteiger partial charge in [0, 0.05) is 11.6 Å². The van der Waals surface area contributed by atoms with Gasteiger partial charge < -0.3 is 5.73 Å². The number of hydrogen-bond acceptors (Lipinski definition) is 1. The second-order valence-electron chi connectivity index (χ2n) is 8.11. The van der Waals surface area contributed by atoms with Crippen molar-refractivity contribution in [2.75, 3.05) is 5.73 Å². The Bertz CT molecular complexity index is 582. The summed E-state index contributed by atoms with van der Waals surface area (Å²) >= 11 is 0. The Hall–Kier alpha value is -1.50. The van der Waals surface area contributed by atoms with Crippen LogP contribution in [0.25, 0.3) is 0 Å². The van der Waals surface area contributed by atoms with Gasteiger partial charge in [-0.3, -0.25) is 0 Å². The summed E-state index contributed by atoms with van der Waals surface area (Å²) in [6, 6.07) is 8.29. The number of nitrogens with two attached hydrogens (primary N) is 1. The van der Waals surface area contributed by atoms with Crippen molar-refractivity contribution in [2.45, 2.75) is 53.9 Å². The first-order chi connectivity index (χ1) is 9.60. The quantitative estimate of drug-likeness (QED) is 0.657. The van der Waals surface area contributed by atoms with E-state index in [-0.39, 0.29) is 10.8 Å². The van der Waals surface area contributed by atoms with Crippen LogP contribution in [0, 0.1) is 10.8 Å². The van der Waals surface area contributed by atoms with Gasteiger partial charge in [-0.05, 0) is 41.4 Å². The van der Waals surface area contributed by atoms with Gasteiger partial charge in [-0.2, -0.15) is 0 Å². The smallest absolute Gasteiger partial charge is 0.0352 e. The van der Waals surface area contributed by atoms with Gasteiger partial charge in [0.25, 0.3) is 0 Å². The van der Waals surface area contributed by atoms with Crippen LogP contribution >= 0.6 is 0 Å². The molecule has 1 nitrogen and oxygen atoms in total. The van der Waals surface area contributed by atoms with Crippen LogP contribution in [0.4, 0.5) is 5.69 Å². The van der Waals surface area contributed by atoms with Crippen LogP contribution in [0.2, 0.25) is 0 Å². The zero-order chi connectivity index (χ0) is 15.8. The van der Waals surface area contributed by atoms with E-state index in [1.165, 1.54) is 16.7 Å². The molecule has 2 N–H and O–H groups in total. The fraction of sp³-hybridized carbons (Fsp3) is 0.500. The van der Waals surface area contributed by atoms with Crippen molar-refractivity contribution in [3.05, 3.63) is 53.1 Å². The van der Waals surface area contributed by atoms with E-state index >= 15 is 0 Å². The maximum absolute atomic E-state index is 6.23. The first-order valence-electron chi connectivity index (χ1n) is 7.86. The molecule has 0 aromatic heterocycles. The molecule has 1 heteroatoms. The molecule has 1 aliphatic rings. The third kappa shape index (κ3) is 3.58. The first-order valence-corrected chi connectivity index (χ1v) is 7.86. The second kappa shape index (κ2) is 5.36. The Morgan fingerprint density at radius 1 is 1.14 bits per heavy atom. The number of rotatable bonds is 1. The normalized spacial score (nSPS) is 22.3. The molecule has 1 unspecified atom stereocenters. The Labute approximate surface area is 129 Å². The van der Waals surface area contributed by atoms with Crippen LogP contribution in [-0.2, 0) is 0 Å². The van der Waals surface area contributed by atoms with Crippen LogP contribution in [0.3, 0.4) is 0 Å². The van der Waals surface area contributed by atoms with Gasteiger partial charge in [0.2, 0.25) is 0 Å².